The molecule has 0 aliphatic heterocycles. The summed E-state index contributed by atoms with van der Waals surface area (Å²) in [5.74, 6) is -0.575. The predicted octanol–water partition coefficient (Wildman–Crippen LogP) is 2.84. The fourth-order valence-electron chi connectivity index (χ4n) is 1.70. The van der Waals surface area contributed by atoms with Gasteiger partial charge >= 0.3 is 6.18 Å². The molecule has 0 amide bonds. The molecule has 0 unspecified atom stereocenters. The molecule has 0 fully saturated rings. The molecule has 0 radical (unpaired) electrons. The van der Waals surface area contributed by atoms with Gasteiger partial charge < -0.3 is 10.6 Å². The molecule has 0 aromatic heterocycles. The molecule has 0 atom stereocenters. The molecule has 100 valence electrons. The van der Waals surface area contributed by atoms with E-state index in [-0.39, 0.29) is 5.56 Å². The standard InChI is InChI=1S/C12H16F3N3/c1-3-6-18(2)8-4-5-10(12(13,14)15)9(7-8)11(16)17/h4-5,7H,3,6H2,1-2H3,(H3,16,17). The maximum Gasteiger partial charge on any atom is 0.417 e. The lowest BCUT2D eigenvalue weighted by Crippen LogP contribution is -2.22. The van der Waals surface area contributed by atoms with Gasteiger partial charge in [-0.1, -0.05) is 6.92 Å². The normalized spacial score (nSPS) is 11.4. The van der Waals surface area contributed by atoms with Crippen LogP contribution in [0.3, 0.4) is 0 Å². The number of rotatable bonds is 4. The van der Waals surface area contributed by atoms with Crippen molar-refractivity contribution in [1.29, 1.82) is 5.41 Å². The Hall–Kier alpha value is -1.72. The van der Waals surface area contributed by atoms with Crippen LogP contribution < -0.4 is 10.6 Å². The number of nitrogens with zero attached hydrogens (tertiary/aromatic N) is 1. The summed E-state index contributed by atoms with van der Waals surface area (Å²) in [5.41, 5.74) is 4.69. The zero-order valence-corrected chi connectivity index (χ0v) is 10.3. The van der Waals surface area contributed by atoms with E-state index < -0.39 is 17.6 Å². The summed E-state index contributed by atoms with van der Waals surface area (Å²) in [6.45, 7) is 2.70. The molecule has 0 aliphatic carbocycles. The lowest BCUT2D eigenvalue weighted by molar-refractivity contribution is -0.137. The van der Waals surface area contributed by atoms with E-state index in [2.05, 4.69) is 0 Å². The smallest absolute Gasteiger partial charge is 0.384 e. The highest BCUT2D eigenvalue weighted by molar-refractivity contribution is 5.97. The molecule has 0 saturated carbocycles. The van der Waals surface area contributed by atoms with Crippen LogP contribution in [0.15, 0.2) is 18.2 Å². The Morgan fingerprint density at radius 1 is 1.39 bits per heavy atom. The van der Waals surface area contributed by atoms with Crippen LogP contribution in [0.4, 0.5) is 18.9 Å². The van der Waals surface area contributed by atoms with Gasteiger partial charge in [0.25, 0.3) is 0 Å². The van der Waals surface area contributed by atoms with Crippen molar-refractivity contribution in [3.05, 3.63) is 29.3 Å². The van der Waals surface area contributed by atoms with Crippen molar-refractivity contribution in [2.75, 3.05) is 18.5 Å². The summed E-state index contributed by atoms with van der Waals surface area (Å²) in [6.07, 6.45) is -3.62. The van der Waals surface area contributed by atoms with Crippen molar-refractivity contribution < 1.29 is 13.2 Å². The fraction of sp³-hybridized carbons (Fsp3) is 0.417. The Morgan fingerprint density at radius 3 is 2.44 bits per heavy atom. The van der Waals surface area contributed by atoms with E-state index in [4.69, 9.17) is 11.1 Å². The summed E-state index contributed by atoms with van der Waals surface area (Å²) in [5, 5.41) is 7.26. The summed E-state index contributed by atoms with van der Waals surface area (Å²) in [4.78, 5) is 1.83. The Kier molecular flexibility index (Phi) is 4.21. The Morgan fingerprint density at radius 2 is 2.00 bits per heavy atom. The van der Waals surface area contributed by atoms with E-state index in [9.17, 15) is 13.2 Å². The molecular weight excluding hydrogens is 243 g/mol. The van der Waals surface area contributed by atoms with Crippen molar-refractivity contribution in [1.82, 2.24) is 0 Å². The third-order valence-corrected chi connectivity index (χ3v) is 2.60. The molecule has 3 N–H and O–H groups in total. The quantitative estimate of drug-likeness (QED) is 0.645. The number of nitrogens with one attached hydrogen (secondary N) is 1. The SMILES string of the molecule is CCCN(C)c1ccc(C(F)(F)F)c(C(=N)N)c1. The van der Waals surface area contributed by atoms with E-state index in [1.807, 2.05) is 11.8 Å². The van der Waals surface area contributed by atoms with Crippen LogP contribution in [0.25, 0.3) is 0 Å². The fourth-order valence-corrected chi connectivity index (χ4v) is 1.70. The average molecular weight is 259 g/mol. The first kappa shape index (κ1) is 14.3. The molecule has 1 rings (SSSR count). The Bertz CT molecular complexity index is 441. The minimum absolute atomic E-state index is 0.275. The Balaban J connectivity index is 3.24. The number of nitrogens with two attached hydrogens (primary N) is 1. The molecule has 0 spiro atoms. The monoisotopic (exact) mass is 259 g/mol. The van der Waals surface area contributed by atoms with E-state index in [0.717, 1.165) is 19.0 Å². The molecule has 6 heteroatoms. The van der Waals surface area contributed by atoms with E-state index in [1.54, 1.807) is 7.05 Å². The van der Waals surface area contributed by atoms with Crippen LogP contribution in [0, 0.1) is 5.41 Å². The minimum atomic E-state index is -4.50. The van der Waals surface area contributed by atoms with Gasteiger partial charge in [-0.05, 0) is 24.6 Å². The van der Waals surface area contributed by atoms with E-state index in [1.165, 1.54) is 12.1 Å². The van der Waals surface area contributed by atoms with Crippen LogP contribution >= 0.6 is 0 Å². The van der Waals surface area contributed by atoms with Gasteiger partial charge in [0, 0.05) is 24.8 Å². The van der Waals surface area contributed by atoms with Gasteiger partial charge in [-0.15, -0.1) is 0 Å². The second-order valence-electron chi connectivity index (χ2n) is 4.06. The molecule has 1 aromatic carbocycles. The second kappa shape index (κ2) is 5.29. The molecule has 0 saturated heterocycles. The maximum atomic E-state index is 12.7. The van der Waals surface area contributed by atoms with Gasteiger partial charge in [-0.3, -0.25) is 5.41 Å². The molecular formula is C12H16F3N3. The van der Waals surface area contributed by atoms with Crippen LogP contribution in [-0.2, 0) is 6.18 Å². The summed E-state index contributed by atoms with van der Waals surface area (Å²) in [6, 6.07) is 3.67. The largest absolute Gasteiger partial charge is 0.417 e. The molecule has 3 nitrogen and oxygen atoms in total. The summed E-state index contributed by atoms with van der Waals surface area (Å²) >= 11 is 0. The molecule has 0 aliphatic rings. The van der Waals surface area contributed by atoms with Crippen molar-refractivity contribution >= 4 is 11.5 Å². The summed E-state index contributed by atoms with van der Waals surface area (Å²) < 4.78 is 38.2. The van der Waals surface area contributed by atoms with Gasteiger partial charge in [-0.25, -0.2) is 0 Å². The maximum absolute atomic E-state index is 12.7. The number of halogens is 3. The van der Waals surface area contributed by atoms with Crippen LogP contribution in [-0.4, -0.2) is 19.4 Å². The van der Waals surface area contributed by atoms with Crippen LogP contribution in [0.5, 0.6) is 0 Å². The molecule has 18 heavy (non-hydrogen) atoms. The summed E-state index contributed by atoms with van der Waals surface area (Å²) in [7, 11) is 1.79. The highest BCUT2D eigenvalue weighted by atomic mass is 19.4. The van der Waals surface area contributed by atoms with E-state index in [0.29, 0.717) is 5.69 Å². The first-order chi connectivity index (χ1) is 8.27. The number of anilines is 1. The van der Waals surface area contributed by atoms with E-state index >= 15 is 0 Å². The average Bonchev–Trinajstić information content (AvgIpc) is 2.27. The number of amidine groups is 1. The van der Waals surface area contributed by atoms with Gasteiger partial charge in [-0.2, -0.15) is 13.2 Å². The third-order valence-electron chi connectivity index (χ3n) is 2.60. The van der Waals surface area contributed by atoms with Crippen molar-refractivity contribution in [2.24, 2.45) is 5.73 Å². The Labute approximate surface area is 104 Å². The first-order valence-electron chi connectivity index (χ1n) is 5.54. The third kappa shape index (κ3) is 3.15. The lowest BCUT2D eigenvalue weighted by Gasteiger charge is -2.21. The van der Waals surface area contributed by atoms with Crippen LogP contribution in [0.2, 0.25) is 0 Å². The van der Waals surface area contributed by atoms with Crippen LogP contribution in [0.1, 0.15) is 24.5 Å². The highest BCUT2D eigenvalue weighted by Gasteiger charge is 2.34. The van der Waals surface area contributed by atoms with Gasteiger partial charge in [0.15, 0.2) is 0 Å². The van der Waals surface area contributed by atoms with Gasteiger partial charge in [0.05, 0.1) is 5.56 Å². The molecule has 0 bridgehead atoms. The first-order valence-corrected chi connectivity index (χ1v) is 5.54. The molecule has 0 heterocycles. The second-order valence-corrected chi connectivity index (χ2v) is 4.06. The zero-order valence-electron chi connectivity index (χ0n) is 10.3. The molecule has 1 aromatic rings. The van der Waals surface area contributed by atoms with Crippen molar-refractivity contribution in [3.8, 4) is 0 Å². The number of hydrogen-bond donors (Lipinski definition) is 2. The zero-order chi connectivity index (χ0) is 13.9. The van der Waals surface area contributed by atoms with Crippen molar-refractivity contribution in [3.63, 3.8) is 0 Å². The topological polar surface area (TPSA) is 53.1 Å². The highest BCUT2D eigenvalue weighted by Crippen LogP contribution is 2.33. The number of hydrogen-bond acceptors (Lipinski definition) is 2. The predicted molar refractivity (Wildman–Crippen MR) is 66.0 cm³/mol. The van der Waals surface area contributed by atoms with Gasteiger partial charge in [0.2, 0.25) is 0 Å². The van der Waals surface area contributed by atoms with Gasteiger partial charge in [0.1, 0.15) is 5.84 Å². The number of nitrogen functional groups attached to an aromatic ring is 1. The number of benzene rings is 1. The van der Waals surface area contributed by atoms with Crippen molar-refractivity contribution in [2.45, 2.75) is 19.5 Å². The lowest BCUT2D eigenvalue weighted by atomic mass is 10.0. The minimum Gasteiger partial charge on any atom is -0.384 e. The number of alkyl halides is 3.